The van der Waals surface area contributed by atoms with Gasteiger partial charge in [-0.1, -0.05) is 90.8 Å². The minimum atomic E-state index is 0.530. The first-order valence-electron chi connectivity index (χ1n) is 13.4. The van der Waals surface area contributed by atoms with Gasteiger partial charge in [-0.3, -0.25) is 0 Å². The fourth-order valence-corrected chi connectivity index (χ4v) is 4.50. The van der Waals surface area contributed by atoms with E-state index >= 15 is 0 Å². The first-order chi connectivity index (χ1) is 16.1. The summed E-state index contributed by atoms with van der Waals surface area (Å²) in [5.74, 6) is 3.61. The molecule has 3 nitrogen and oxygen atoms in total. The van der Waals surface area contributed by atoms with Crippen molar-refractivity contribution in [1.82, 2.24) is 4.90 Å². The molecule has 1 aromatic carbocycles. The molecule has 1 aliphatic heterocycles. The largest absolute Gasteiger partial charge is 0.306 e. The monoisotopic (exact) mass is 490 g/mol. The molecule has 1 saturated heterocycles. The molecule has 0 N–H and O–H groups in total. The fourth-order valence-electron chi connectivity index (χ4n) is 4.22. The van der Waals surface area contributed by atoms with Crippen molar-refractivity contribution in [1.29, 1.82) is 5.26 Å². The van der Waals surface area contributed by atoms with E-state index in [0.29, 0.717) is 16.5 Å². The molecule has 0 spiro atoms. The predicted molar refractivity (Wildman–Crippen MR) is 148 cm³/mol. The standard InChI is InChI=1S/C8H6ClN.C8H17N.C8H16.C6H12O/c1-6-2-3-7(5-10)8(9)4-6;1-7(2)8-4-5-9(3)6-8;1-2-8-6-4-3-5-7-8;1-6(2)4-3-5-7/h2-4H,1H3;7-8H,4-6H2,1-3H3;8H,2-7H2,1H3;5-6H,3-4H2,1-2H3. The minimum Gasteiger partial charge on any atom is -0.306 e. The zero-order valence-corrected chi connectivity index (χ0v) is 23.8. The highest BCUT2D eigenvalue weighted by Gasteiger charge is 2.21. The number of hydrogen-bond acceptors (Lipinski definition) is 3. The van der Waals surface area contributed by atoms with E-state index < -0.39 is 0 Å². The Labute approximate surface area is 216 Å². The fraction of sp³-hybridized carbons (Fsp3) is 0.733. The lowest BCUT2D eigenvalue weighted by Crippen LogP contribution is -2.16. The number of aldehydes is 1. The third-order valence-electron chi connectivity index (χ3n) is 6.78. The van der Waals surface area contributed by atoms with Crippen LogP contribution in [0.3, 0.4) is 0 Å². The van der Waals surface area contributed by atoms with Crippen molar-refractivity contribution in [3.8, 4) is 6.07 Å². The number of nitrogens with zero attached hydrogens (tertiary/aromatic N) is 2. The van der Waals surface area contributed by atoms with Crippen LogP contribution in [0, 0.1) is 41.9 Å². The number of aryl methyl sites for hydroxylation is 1. The Morgan fingerprint density at radius 2 is 1.79 bits per heavy atom. The topological polar surface area (TPSA) is 44.1 Å². The van der Waals surface area contributed by atoms with E-state index in [9.17, 15) is 4.79 Å². The van der Waals surface area contributed by atoms with Crippen LogP contribution in [0.2, 0.25) is 5.02 Å². The molecule has 1 aromatic rings. The molecule has 3 rings (SSSR count). The van der Waals surface area contributed by atoms with E-state index in [1.54, 1.807) is 12.1 Å². The molecule has 0 amide bonds. The molecule has 2 aliphatic rings. The van der Waals surface area contributed by atoms with Crippen molar-refractivity contribution in [3.63, 3.8) is 0 Å². The Hall–Kier alpha value is -1.37. The van der Waals surface area contributed by atoms with Crippen LogP contribution in [0.15, 0.2) is 18.2 Å². The van der Waals surface area contributed by atoms with Gasteiger partial charge < -0.3 is 9.69 Å². The minimum absolute atomic E-state index is 0.530. The van der Waals surface area contributed by atoms with Gasteiger partial charge in [-0.2, -0.15) is 5.26 Å². The number of benzene rings is 1. The lowest BCUT2D eigenvalue weighted by molar-refractivity contribution is -0.108. The molecular weight excluding hydrogens is 440 g/mol. The van der Waals surface area contributed by atoms with Crippen LogP contribution in [-0.2, 0) is 4.79 Å². The van der Waals surface area contributed by atoms with Gasteiger partial charge in [-0.25, -0.2) is 0 Å². The first kappa shape index (κ1) is 32.6. The summed E-state index contributed by atoms with van der Waals surface area (Å²) in [7, 11) is 2.21. The quantitative estimate of drug-likeness (QED) is 0.387. The van der Waals surface area contributed by atoms with Crippen LogP contribution < -0.4 is 0 Å². The first-order valence-corrected chi connectivity index (χ1v) is 13.8. The van der Waals surface area contributed by atoms with Crippen molar-refractivity contribution in [2.75, 3.05) is 20.1 Å². The lowest BCUT2D eigenvalue weighted by Gasteiger charge is -2.18. The molecule has 2 fully saturated rings. The van der Waals surface area contributed by atoms with Crippen LogP contribution in [0.25, 0.3) is 0 Å². The van der Waals surface area contributed by atoms with Gasteiger partial charge in [-0.15, -0.1) is 0 Å². The van der Waals surface area contributed by atoms with Crippen LogP contribution in [-0.4, -0.2) is 31.3 Å². The van der Waals surface area contributed by atoms with E-state index in [1.165, 1.54) is 58.0 Å². The van der Waals surface area contributed by atoms with Crippen LogP contribution in [0.5, 0.6) is 0 Å². The Balaban J connectivity index is 0.000000431. The highest BCUT2D eigenvalue weighted by atomic mass is 35.5. The van der Waals surface area contributed by atoms with Gasteiger partial charge in [0.15, 0.2) is 0 Å². The van der Waals surface area contributed by atoms with Crippen LogP contribution >= 0.6 is 11.6 Å². The molecule has 194 valence electrons. The molecule has 1 aliphatic carbocycles. The third kappa shape index (κ3) is 16.3. The van der Waals surface area contributed by atoms with E-state index in [1.807, 2.05) is 19.1 Å². The number of carbonyl (C=O) groups is 1. The lowest BCUT2D eigenvalue weighted by atomic mass is 9.88. The number of nitriles is 1. The van der Waals surface area contributed by atoms with Crippen LogP contribution in [0.4, 0.5) is 0 Å². The molecular formula is C30H51ClN2O. The maximum absolute atomic E-state index is 9.71. The SMILES string of the molecule is CC(C)C1CCN(C)C1.CC(C)CCC=O.CCC1CCCCC1.Cc1ccc(C#N)c(Cl)c1. The van der Waals surface area contributed by atoms with Gasteiger partial charge in [0.05, 0.1) is 10.6 Å². The Morgan fingerprint density at radius 1 is 1.15 bits per heavy atom. The maximum Gasteiger partial charge on any atom is 0.120 e. The summed E-state index contributed by atoms with van der Waals surface area (Å²) in [6.45, 7) is 15.8. The number of halogens is 1. The van der Waals surface area contributed by atoms with Gasteiger partial charge >= 0.3 is 0 Å². The molecule has 34 heavy (non-hydrogen) atoms. The van der Waals surface area contributed by atoms with Crippen molar-refractivity contribution in [2.45, 2.75) is 99.3 Å². The zero-order chi connectivity index (χ0) is 25.9. The van der Waals surface area contributed by atoms with E-state index in [4.69, 9.17) is 16.9 Å². The summed E-state index contributed by atoms with van der Waals surface area (Å²) in [6.07, 6.45) is 13.1. The zero-order valence-electron chi connectivity index (χ0n) is 23.1. The van der Waals surface area contributed by atoms with E-state index in [2.05, 4.69) is 46.6 Å². The van der Waals surface area contributed by atoms with Gasteiger partial charge in [0.1, 0.15) is 12.4 Å². The summed E-state index contributed by atoms with van der Waals surface area (Å²) in [5.41, 5.74) is 1.61. The third-order valence-corrected chi connectivity index (χ3v) is 7.09. The van der Waals surface area contributed by atoms with E-state index in [-0.39, 0.29) is 0 Å². The molecule has 0 aromatic heterocycles. The Morgan fingerprint density at radius 3 is 2.12 bits per heavy atom. The highest BCUT2D eigenvalue weighted by Crippen LogP contribution is 2.25. The number of hydrogen-bond donors (Lipinski definition) is 0. The van der Waals surface area contributed by atoms with Gasteiger partial charge in [0, 0.05) is 13.0 Å². The van der Waals surface area contributed by atoms with Gasteiger partial charge in [-0.05, 0) is 74.7 Å². The second-order valence-corrected chi connectivity index (χ2v) is 11.1. The average Bonchev–Trinajstić information content (AvgIpc) is 3.26. The number of rotatable bonds is 5. The van der Waals surface area contributed by atoms with Crippen molar-refractivity contribution in [3.05, 3.63) is 34.3 Å². The van der Waals surface area contributed by atoms with Crippen molar-refractivity contribution >= 4 is 17.9 Å². The van der Waals surface area contributed by atoms with Crippen molar-refractivity contribution < 1.29 is 4.79 Å². The molecule has 1 unspecified atom stereocenters. The Bertz CT molecular complexity index is 690. The summed E-state index contributed by atoms with van der Waals surface area (Å²) < 4.78 is 0. The number of likely N-dealkylation sites (tertiary alicyclic amines) is 1. The summed E-state index contributed by atoms with van der Waals surface area (Å²) in [5, 5.41) is 9.00. The van der Waals surface area contributed by atoms with Gasteiger partial charge in [0.2, 0.25) is 0 Å². The highest BCUT2D eigenvalue weighted by molar-refractivity contribution is 6.31. The summed E-state index contributed by atoms with van der Waals surface area (Å²) >= 11 is 5.71. The molecule has 0 radical (unpaired) electrons. The average molecular weight is 491 g/mol. The number of carbonyl (C=O) groups excluding carboxylic acids is 1. The molecule has 1 saturated carbocycles. The predicted octanol–water partition coefficient (Wildman–Crippen LogP) is 8.71. The summed E-state index contributed by atoms with van der Waals surface area (Å²) in [6, 6.07) is 7.35. The van der Waals surface area contributed by atoms with Crippen molar-refractivity contribution in [2.24, 2.45) is 23.7 Å². The molecule has 1 heterocycles. The van der Waals surface area contributed by atoms with E-state index in [0.717, 1.165) is 42.4 Å². The maximum atomic E-state index is 9.71. The van der Waals surface area contributed by atoms with Crippen LogP contribution in [0.1, 0.15) is 104 Å². The molecule has 0 bridgehead atoms. The van der Waals surface area contributed by atoms with Gasteiger partial charge in [0.25, 0.3) is 0 Å². The summed E-state index contributed by atoms with van der Waals surface area (Å²) in [4.78, 5) is 12.1. The smallest absolute Gasteiger partial charge is 0.120 e. The normalized spacial score (nSPS) is 18.1. The Kier molecular flexibility index (Phi) is 19.1. The molecule has 4 heteroatoms. The second-order valence-electron chi connectivity index (χ2n) is 10.7. The molecule has 1 atom stereocenters. The second kappa shape index (κ2) is 19.9.